The molecule has 0 bridgehead atoms. The van der Waals surface area contributed by atoms with Crippen molar-refractivity contribution in [3.05, 3.63) is 64.7 Å². The van der Waals surface area contributed by atoms with Crippen molar-refractivity contribution in [3.8, 4) is 0 Å². The Hall–Kier alpha value is -2.34. The van der Waals surface area contributed by atoms with Crippen LogP contribution in [0.1, 0.15) is 54.5 Å². The van der Waals surface area contributed by atoms with E-state index in [9.17, 15) is 13.2 Å². The van der Waals surface area contributed by atoms with E-state index in [0.29, 0.717) is 5.69 Å². The molecule has 3 rings (SSSR count). The number of hydrogen-bond donors (Lipinski definition) is 1. The van der Waals surface area contributed by atoms with Gasteiger partial charge >= 0.3 is 0 Å². The Labute approximate surface area is 174 Å². The Morgan fingerprint density at radius 2 is 1.83 bits per heavy atom. The summed E-state index contributed by atoms with van der Waals surface area (Å²) in [6, 6.07) is 13.5. The second-order valence-corrected chi connectivity index (χ2v) is 9.78. The van der Waals surface area contributed by atoms with E-state index in [1.807, 2.05) is 19.9 Å². The number of anilines is 1. The van der Waals surface area contributed by atoms with Crippen LogP contribution in [-0.4, -0.2) is 27.1 Å². The number of carbonyl (C=O) groups excluding carboxylic acids is 1. The van der Waals surface area contributed by atoms with E-state index < -0.39 is 10.0 Å². The zero-order chi connectivity index (χ0) is 21.0. The van der Waals surface area contributed by atoms with Gasteiger partial charge < -0.3 is 5.32 Å². The monoisotopic (exact) mass is 414 g/mol. The lowest BCUT2D eigenvalue weighted by Gasteiger charge is -2.25. The van der Waals surface area contributed by atoms with Crippen molar-refractivity contribution >= 4 is 21.6 Å². The Morgan fingerprint density at radius 1 is 1.10 bits per heavy atom. The molecule has 0 aromatic heterocycles. The topological polar surface area (TPSA) is 66.5 Å². The molecule has 0 saturated heterocycles. The molecule has 0 saturated carbocycles. The summed E-state index contributed by atoms with van der Waals surface area (Å²) in [5, 5.41) is 3.03. The first-order valence-electron chi connectivity index (χ1n) is 10.2. The number of nitrogens with one attached hydrogen (secondary N) is 1. The first kappa shape index (κ1) is 21.4. The van der Waals surface area contributed by atoms with Gasteiger partial charge in [0.2, 0.25) is 15.9 Å². The van der Waals surface area contributed by atoms with Gasteiger partial charge in [-0.25, -0.2) is 8.42 Å². The third kappa shape index (κ3) is 5.38. The summed E-state index contributed by atoms with van der Waals surface area (Å²) in [5.74, 6) is -0.304. The quantitative estimate of drug-likeness (QED) is 0.747. The Bertz CT molecular complexity index is 985. The van der Waals surface area contributed by atoms with Gasteiger partial charge in [-0.3, -0.25) is 9.10 Å². The average Bonchev–Trinajstić information content (AvgIpc) is 2.69. The van der Waals surface area contributed by atoms with Gasteiger partial charge in [-0.15, -0.1) is 0 Å². The fourth-order valence-electron chi connectivity index (χ4n) is 3.94. The lowest BCUT2D eigenvalue weighted by molar-refractivity contribution is -0.120. The lowest BCUT2D eigenvalue weighted by Crippen LogP contribution is -2.41. The van der Waals surface area contributed by atoms with Crippen LogP contribution in [-0.2, 0) is 27.7 Å². The number of amides is 1. The summed E-state index contributed by atoms with van der Waals surface area (Å²) in [7, 11) is -3.58. The standard InChI is InChI=1S/C23H30N2O3S/c1-4-22(20-13-12-18-9-5-6-10-19(18)15-20)24-23(26)16-25(29(3,27)28)21-11-7-8-17(2)14-21/h7-8,11-15,22H,4-6,9-10,16H2,1-3H3,(H,24,26)/t22-/m1/s1. The molecule has 1 aliphatic rings. The SMILES string of the molecule is CC[C@@H](NC(=O)CN(c1cccc(C)c1)S(C)(=O)=O)c1ccc2c(c1)CCCC2. The zero-order valence-corrected chi connectivity index (χ0v) is 18.3. The Kier molecular flexibility index (Phi) is 6.63. The molecule has 0 radical (unpaired) electrons. The molecule has 6 heteroatoms. The molecule has 1 atom stereocenters. The summed E-state index contributed by atoms with van der Waals surface area (Å²) >= 11 is 0. The van der Waals surface area contributed by atoms with E-state index in [4.69, 9.17) is 0 Å². The number of carbonyl (C=O) groups is 1. The third-order valence-electron chi connectivity index (χ3n) is 5.50. The highest BCUT2D eigenvalue weighted by Crippen LogP contribution is 2.26. The lowest BCUT2D eigenvalue weighted by atomic mass is 9.89. The molecule has 29 heavy (non-hydrogen) atoms. The minimum Gasteiger partial charge on any atom is -0.348 e. The van der Waals surface area contributed by atoms with Crippen LogP contribution in [0.25, 0.3) is 0 Å². The zero-order valence-electron chi connectivity index (χ0n) is 17.4. The Morgan fingerprint density at radius 3 is 2.48 bits per heavy atom. The molecule has 0 spiro atoms. The molecule has 2 aromatic rings. The van der Waals surface area contributed by atoms with Crippen LogP contribution in [0.3, 0.4) is 0 Å². The summed E-state index contributed by atoms with van der Waals surface area (Å²) in [5.41, 5.74) is 5.31. The number of rotatable bonds is 7. The van der Waals surface area contributed by atoms with Crippen LogP contribution in [0, 0.1) is 6.92 Å². The molecular formula is C23H30N2O3S. The minimum atomic E-state index is -3.58. The molecule has 156 valence electrons. The van der Waals surface area contributed by atoms with Gasteiger partial charge in [0.25, 0.3) is 0 Å². The van der Waals surface area contributed by atoms with Crippen LogP contribution >= 0.6 is 0 Å². The smallest absolute Gasteiger partial charge is 0.241 e. The highest BCUT2D eigenvalue weighted by atomic mass is 32.2. The molecule has 0 fully saturated rings. The van der Waals surface area contributed by atoms with E-state index >= 15 is 0 Å². The molecule has 5 nitrogen and oxygen atoms in total. The minimum absolute atomic E-state index is 0.131. The van der Waals surface area contributed by atoms with E-state index in [2.05, 4.69) is 23.5 Å². The summed E-state index contributed by atoms with van der Waals surface area (Å²) < 4.78 is 25.8. The number of hydrogen-bond acceptors (Lipinski definition) is 3. The van der Waals surface area contributed by atoms with Crippen molar-refractivity contribution in [1.82, 2.24) is 5.32 Å². The van der Waals surface area contributed by atoms with Gasteiger partial charge in [0.1, 0.15) is 6.54 Å². The molecule has 1 N–H and O–H groups in total. The molecule has 2 aromatic carbocycles. The van der Waals surface area contributed by atoms with Crippen LogP contribution < -0.4 is 9.62 Å². The molecular weight excluding hydrogens is 384 g/mol. The number of benzene rings is 2. The second kappa shape index (κ2) is 8.99. The van der Waals surface area contributed by atoms with Crippen molar-refractivity contribution in [2.75, 3.05) is 17.1 Å². The largest absolute Gasteiger partial charge is 0.348 e. The van der Waals surface area contributed by atoms with Gasteiger partial charge in [-0.05, 0) is 73.4 Å². The summed E-state index contributed by atoms with van der Waals surface area (Å²) in [4.78, 5) is 12.8. The van der Waals surface area contributed by atoms with E-state index in [-0.39, 0.29) is 18.5 Å². The van der Waals surface area contributed by atoms with E-state index in [1.165, 1.54) is 24.0 Å². The fourth-order valence-corrected chi connectivity index (χ4v) is 4.79. The van der Waals surface area contributed by atoms with Gasteiger partial charge in [0, 0.05) is 0 Å². The Balaban J connectivity index is 1.76. The van der Waals surface area contributed by atoms with Gasteiger partial charge in [0.15, 0.2) is 0 Å². The molecule has 1 aliphatic carbocycles. The number of fused-ring (bicyclic) bond motifs is 1. The number of sulfonamides is 1. The third-order valence-corrected chi connectivity index (χ3v) is 6.64. The predicted molar refractivity (Wildman–Crippen MR) is 118 cm³/mol. The van der Waals surface area contributed by atoms with Crippen LogP contribution in [0.15, 0.2) is 42.5 Å². The maximum Gasteiger partial charge on any atom is 0.241 e. The van der Waals surface area contributed by atoms with Crippen LogP contribution in [0.2, 0.25) is 0 Å². The number of aryl methyl sites for hydroxylation is 3. The van der Waals surface area contributed by atoms with Crippen molar-refractivity contribution in [2.24, 2.45) is 0 Å². The molecule has 0 aliphatic heterocycles. The van der Waals surface area contributed by atoms with E-state index in [1.54, 1.807) is 18.2 Å². The maximum absolute atomic E-state index is 12.8. The van der Waals surface area contributed by atoms with Gasteiger partial charge in [-0.1, -0.05) is 37.3 Å². The fraction of sp³-hybridized carbons (Fsp3) is 0.435. The molecule has 0 unspecified atom stereocenters. The normalized spacial score (nSPS) is 14.7. The first-order valence-corrected chi connectivity index (χ1v) is 12.1. The van der Waals surface area contributed by atoms with Crippen molar-refractivity contribution in [2.45, 2.75) is 52.0 Å². The van der Waals surface area contributed by atoms with Gasteiger partial charge in [0.05, 0.1) is 18.0 Å². The van der Waals surface area contributed by atoms with Gasteiger partial charge in [-0.2, -0.15) is 0 Å². The van der Waals surface area contributed by atoms with Crippen molar-refractivity contribution in [3.63, 3.8) is 0 Å². The average molecular weight is 415 g/mol. The van der Waals surface area contributed by atoms with Crippen molar-refractivity contribution < 1.29 is 13.2 Å². The predicted octanol–water partition coefficient (Wildman–Crippen LogP) is 3.91. The van der Waals surface area contributed by atoms with Crippen LogP contribution in [0.4, 0.5) is 5.69 Å². The highest BCUT2D eigenvalue weighted by Gasteiger charge is 2.23. The molecule has 0 heterocycles. The molecule has 1 amide bonds. The number of nitrogens with zero attached hydrogens (tertiary/aromatic N) is 1. The van der Waals surface area contributed by atoms with E-state index in [0.717, 1.165) is 41.0 Å². The summed E-state index contributed by atoms with van der Waals surface area (Å²) in [6.07, 6.45) is 6.53. The maximum atomic E-state index is 12.8. The first-order chi connectivity index (χ1) is 13.8. The van der Waals surface area contributed by atoms with Crippen molar-refractivity contribution in [1.29, 1.82) is 0 Å². The highest BCUT2D eigenvalue weighted by molar-refractivity contribution is 7.92. The second-order valence-electron chi connectivity index (χ2n) is 7.87. The van der Waals surface area contributed by atoms with Crippen LogP contribution in [0.5, 0.6) is 0 Å². The summed E-state index contributed by atoms with van der Waals surface area (Å²) in [6.45, 7) is 3.69.